The first-order chi connectivity index (χ1) is 12.4. The van der Waals surface area contributed by atoms with E-state index in [-0.39, 0.29) is 17.6 Å². The number of anilines is 1. The van der Waals surface area contributed by atoms with Gasteiger partial charge in [0.15, 0.2) is 5.78 Å². The number of benzene rings is 1. The van der Waals surface area contributed by atoms with Crippen molar-refractivity contribution in [1.29, 1.82) is 0 Å². The van der Waals surface area contributed by atoms with Crippen molar-refractivity contribution in [3.63, 3.8) is 0 Å². The lowest BCUT2D eigenvalue weighted by Crippen LogP contribution is -2.31. The molecular formula is C21H27NO4. The van der Waals surface area contributed by atoms with Crippen molar-refractivity contribution in [2.45, 2.75) is 59.3 Å². The van der Waals surface area contributed by atoms with Gasteiger partial charge in [0.05, 0.1) is 18.4 Å². The number of hydrogen-bond acceptors (Lipinski definition) is 4. The van der Waals surface area contributed by atoms with E-state index in [0.717, 1.165) is 24.2 Å². The number of ether oxygens (including phenoxy) is 1. The molecule has 5 heteroatoms. The van der Waals surface area contributed by atoms with Crippen LogP contribution < -0.4 is 4.90 Å². The monoisotopic (exact) mass is 357 g/mol. The highest BCUT2D eigenvalue weighted by Crippen LogP contribution is 2.40. The molecule has 0 bridgehead atoms. The lowest BCUT2D eigenvalue weighted by atomic mass is 9.99. The van der Waals surface area contributed by atoms with Gasteiger partial charge in [-0.25, -0.2) is 4.90 Å². The summed E-state index contributed by atoms with van der Waals surface area (Å²) in [4.78, 5) is 37.8. The maximum atomic E-state index is 12.9. The molecule has 1 heterocycles. The van der Waals surface area contributed by atoms with E-state index in [0.29, 0.717) is 34.6 Å². The molecular weight excluding hydrogens is 330 g/mol. The van der Waals surface area contributed by atoms with Crippen LogP contribution in [-0.2, 0) is 14.3 Å². The summed E-state index contributed by atoms with van der Waals surface area (Å²) in [5.41, 5.74) is 2.03. The van der Waals surface area contributed by atoms with Crippen LogP contribution >= 0.6 is 0 Å². The number of nitrogens with zero attached hydrogens (tertiary/aromatic N) is 1. The number of rotatable bonds is 8. The van der Waals surface area contributed by atoms with Gasteiger partial charge in [0.25, 0.3) is 5.91 Å². The molecule has 0 N–H and O–H groups in total. The summed E-state index contributed by atoms with van der Waals surface area (Å²) in [5, 5.41) is 0. The zero-order chi connectivity index (χ0) is 19.3. The van der Waals surface area contributed by atoms with Crippen LogP contribution in [0.15, 0.2) is 24.0 Å². The number of fused-ring (bicyclic) bond motifs is 1. The first-order valence-electron chi connectivity index (χ1n) is 9.19. The smallest absolute Gasteiger partial charge is 0.269 e. The third-order valence-corrected chi connectivity index (χ3v) is 4.68. The van der Waals surface area contributed by atoms with Gasteiger partial charge in [-0.1, -0.05) is 32.6 Å². The van der Waals surface area contributed by atoms with E-state index < -0.39 is 0 Å². The minimum Gasteiger partial charge on any atom is -0.500 e. The molecule has 1 aromatic carbocycles. The summed E-state index contributed by atoms with van der Waals surface area (Å²) >= 11 is 0. The highest BCUT2D eigenvalue weighted by atomic mass is 16.5. The van der Waals surface area contributed by atoms with E-state index in [1.807, 2.05) is 0 Å². The van der Waals surface area contributed by atoms with Crippen LogP contribution in [0.1, 0.15) is 75.2 Å². The zero-order valence-electron chi connectivity index (χ0n) is 16.1. The fourth-order valence-electron chi connectivity index (χ4n) is 3.29. The number of methoxy groups -OCH3 is 1. The van der Waals surface area contributed by atoms with Gasteiger partial charge in [0, 0.05) is 24.5 Å². The van der Waals surface area contributed by atoms with E-state index in [9.17, 15) is 14.4 Å². The molecule has 0 saturated heterocycles. The van der Waals surface area contributed by atoms with Crippen LogP contribution in [-0.4, -0.2) is 24.7 Å². The second kappa shape index (κ2) is 8.79. The maximum Gasteiger partial charge on any atom is 0.269 e. The first kappa shape index (κ1) is 19.9. The number of hydrogen-bond donors (Lipinski definition) is 0. The number of unbranched alkanes of at least 4 members (excludes halogenated alkanes) is 4. The Morgan fingerprint density at radius 2 is 1.77 bits per heavy atom. The predicted molar refractivity (Wildman–Crippen MR) is 102 cm³/mol. The van der Waals surface area contributed by atoms with Gasteiger partial charge >= 0.3 is 0 Å². The molecule has 2 amide bonds. The Balaban J connectivity index is 2.43. The van der Waals surface area contributed by atoms with E-state index in [4.69, 9.17) is 4.74 Å². The summed E-state index contributed by atoms with van der Waals surface area (Å²) in [5.74, 6) is -0.226. The van der Waals surface area contributed by atoms with Crippen molar-refractivity contribution in [3.8, 4) is 0 Å². The second-order valence-electron chi connectivity index (χ2n) is 6.61. The van der Waals surface area contributed by atoms with Crippen molar-refractivity contribution < 1.29 is 19.1 Å². The number of allylic oxidation sites excluding steroid dienone is 1. The average Bonchev–Trinajstić information content (AvgIpc) is 2.89. The van der Waals surface area contributed by atoms with Crippen LogP contribution in [0.3, 0.4) is 0 Å². The van der Waals surface area contributed by atoms with Crippen LogP contribution in [0.25, 0.3) is 5.57 Å². The van der Waals surface area contributed by atoms with Crippen molar-refractivity contribution in [1.82, 2.24) is 0 Å². The highest BCUT2D eigenvalue weighted by molar-refractivity contribution is 6.40. The first-order valence-corrected chi connectivity index (χ1v) is 9.19. The molecule has 0 saturated carbocycles. The molecule has 26 heavy (non-hydrogen) atoms. The molecule has 0 fully saturated rings. The normalized spacial score (nSPS) is 15.1. The molecule has 1 aliphatic heterocycles. The number of ketones is 1. The molecule has 0 spiro atoms. The molecule has 2 rings (SSSR count). The molecule has 5 nitrogen and oxygen atoms in total. The van der Waals surface area contributed by atoms with Gasteiger partial charge in [-0.2, -0.15) is 0 Å². The number of amides is 2. The van der Waals surface area contributed by atoms with E-state index in [2.05, 4.69) is 6.92 Å². The minimum absolute atomic E-state index is 0.0839. The highest BCUT2D eigenvalue weighted by Gasteiger charge is 2.37. The van der Waals surface area contributed by atoms with Crippen molar-refractivity contribution in [2.24, 2.45) is 0 Å². The quantitative estimate of drug-likeness (QED) is 0.297. The molecule has 1 aliphatic rings. The van der Waals surface area contributed by atoms with Gasteiger partial charge in [-0.05, 0) is 31.5 Å². The zero-order valence-corrected chi connectivity index (χ0v) is 16.1. The Morgan fingerprint density at radius 3 is 2.35 bits per heavy atom. The summed E-state index contributed by atoms with van der Waals surface area (Å²) in [7, 11) is 1.55. The molecule has 140 valence electrons. The number of Topliss-reactive ketones (excluding diaryl/α,β-unsaturated/α-hetero) is 1. The number of carbonyl (C=O) groups excluding carboxylic acids is 3. The second-order valence-corrected chi connectivity index (χ2v) is 6.61. The number of carbonyl (C=O) groups is 3. The summed E-state index contributed by atoms with van der Waals surface area (Å²) in [6, 6.07) is 4.99. The van der Waals surface area contributed by atoms with Crippen molar-refractivity contribution in [3.05, 3.63) is 35.1 Å². The van der Waals surface area contributed by atoms with E-state index >= 15 is 0 Å². The van der Waals surface area contributed by atoms with E-state index in [1.54, 1.807) is 25.3 Å². The molecule has 0 aliphatic carbocycles. The van der Waals surface area contributed by atoms with Crippen molar-refractivity contribution in [2.75, 3.05) is 12.0 Å². The van der Waals surface area contributed by atoms with Gasteiger partial charge in [-0.3, -0.25) is 14.4 Å². The summed E-state index contributed by atoms with van der Waals surface area (Å²) in [6.07, 6.45) is 6.14. The van der Waals surface area contributed by atoms with Crippen LogP contribution in [0, 0.1) is 0 Å². The van der Waals surface area contributed by atoms with Crippen LogP contribution in [0.5, 0.6) is 0 Å². The number of imide groups is 1. The van der Waals surface area contributed by atoms with Crippen molar-refractivity contribution >= 4 is 28.9 Å². The molecule has 1 aromatic rings. The molecule has 0 atom stereocenters. The largest absolute Gasteiger partial charge is 0.500 e. The SMILES string of the molecule is CCCCCCC/C(OC)=C1/C(=O)N(C(C)=O)c2ccc(C(C)=O)cc21. The standard InChI is InChI=1S/C21H27NO4/c1-5-6-7-8-9-10-19(26-4)20-17-13-16(14(2)23)11-12-18(17)22(15(3)24)21(20)25/h11-13H,5-10H2,1-4H3/b20-19-. The summed E-state index contributed by atoms with van der Waals surface area (Å²) in [6.45, 7) is 5.01. The third kappa shape index (κ3) is 4.03. The van der Waals surface area contributed by atoms with E-state index in [1.165, 1.54) is 26.7 Å². The fraction of sp³-hybridized carbons (Fsp3) is 0.476. The Hall–Kier alpha value is -2.43. The van der Waals surface area contributed by atoms with Crippen LogP contribution in [0.2, 0.25) is 0 Å². The van der Waals surface area contributed by atoms with Gasteiger partial charge in [-0.15, -0.1) is 0 Å². The Kier molecular flexibility index (Phi) is 6.72. The Labute approximate surface area is 155 Å². The molecule has 0 aromatic heterocycles. The van der Waals surface area contributed by atoms with Gasteiger partial charge < -0.3 is 4.74 Å². The summed E-state index contributed by atoms with van der Waals surface area (Å²) < 4.78 is 5.53. The third-order valence-electron chi connectivity index (χ3n) is 4.68. The predicted octanol–water partition coefficient (Wildman–Crippen LogP) is 4.50. The maximum absolute atomic E-state index is 12.9. The van der Waals surface area contributed by atoms with Gasteiger partial charge in [0.2, 0.25) is 5.91 Å². The molecule has 0 radical (unpaired) electrons. The Bertz CT molecular complexity index is 748. The lowest BCUT2D eigenvalue weighted by Gasteiger charge is -2.12. The van der Waals surface area contributed by atoms with Crippen LogP contribution in [0.4, 0.5) is 5.69 Å². The topological polar surface area (TPSA) is 63.7 Å². The average molecular weight is 357 g/mol. The Morgan fingerprint density at radius 1 is 1.08 bits per heavy atom. The minimum atomic E-state index is -0.376. The fourth-order valence-corrected chi connectivity index (χ4v) is 3.29. The molecule has 0 unspecified atom stereocenters. The van der Waals surface area contributed by atoms with Gasteiger partial charge in [0.1, 0.15) is 5.76 Å². The lowest BCUT2D eigenvalue weighted by molar-refractivity contribution is -0.122.